The van der Waals surface area contributed by atoms with E-state index in [-0.39, 0.29) is 11.4 Å². The molecule has 0 atom stereocenters. The van der Waals surface area contributed by atoms with Crippen molar-refractivity contribution in [1.29, 1.82) is 0 Å². The lowest BCUT2D eigenvalue weighted by atomic mass is 10.1. The van der Waals surface area contributed by atoms with Crippen LogP contribution >= 0.6 is 11.6 Å². The van der Waals surface area contributed by atoms with E-state index in [1.54, 1.807) is 48.5 Å². The minimum atomic E-state index is -3.97. The number of amides is 1. The van der Waals surface area contributed by atoms with Crippen LogP contribution in [0.2, 0.25) is 5.02 Å². The van der Waals surface area contributed by atoms with Gasteiger partial charge in [0.25, 0.3) is 10.0 Å². The lowest BCUT2D eigenvalue weighted by Gasteiger charge is -2.26. The van der Waals surface area contributed by atoms with Crippen molar-refractivity contribution in [2.75, 3.05) is 37.2 Å². The molecule has 0 aliphatic carbocycles. The summed E-state index contributed by atoms with van der Waals surface area (Å²) >= 11 is 6.00. The Hall–Kier alpha value is -2.91. The second-order valence-corrected chi connectivity index (χ2v) is 11.1. The highest BCUT2D eigenvalue weighted by atomic mass is 35.5. The Morgan fingerprint density at radius 2 is 1.56 bits per heavy atom. The Morgan fingerprint density at radius 1 is 0.944 bits per heavy atom. The number of benzene rings is 3. The zero-order valence-corrected chi connectivity index (χ0v) is 21.8. The lowest BCUT2D eigenvalue weighted by molar-refractivity contribution is -0.119. The number of aryl methyl sites for hydroxylation is 1. The van der Waals surface area contributed by atoms with Gasteiger partial charge in [0.05, 0.1) is 23.8 Å². The van der Waals surface area contributed by atoms with Gasteiger partial charge >= 0.3 is 0 Å². The molecule has 1 heterocycles. The Labute approximate surface area is 217 Å². The standard InChI is InChI=1S/C27H30ClN3O4S/c1-21-2-12-26(13-3-21)36(33,34)31(25-10-8-24(28)9-11-25)20-27(32)29-18-22-4-6-23(7-5-22)19-30-14-16-35-17-15-30/h2-13H,14-20H2,1H3,(H,29,32). The van der Waals surface area contributed by atoms with Gasteiger partial charge in [0.1, 0.15) is 6.54 Å². The number of hydrogen-bond acceptors (Lipinski definition) is 5. The molecular formula is C27H30ClN3O4S. The SMILES string of the molecule is Cc1ccc(S(=O)(=O)N(CC(=O)NCc2ccc(CN3CCOCC3)cc2)c2ccc(Cl)cc2)cc1. The van der Waals surface area contributed by atoms with Gasteiger partial charge in [-0.1, -0.05) is 53.6 Å². The largest absolute Gasteiger partial charge is 0.379 e. The van der Waals surface area contributed by atoms with Crippen molar-refractivity contribution < 1.29 is 17.9 Å². The highest BCUT2D eigenvalue weighted by Crippen LogP contribution is 2.25. The molecule has 1 saturated heterocycles. The van der Waals surface area contributed by atoms with Crippen molar-refractivity contribution in [3.05, 3.63) is 94.5 Å². The van der Waals surface area contributed by atoms with Crippen LogP contribution in [0.4, 0.5) is 5.69 Å². The zero-order valence-electron chi connectivity index (χ0n) is 20.2. The van der Waals surface area contributed by atoms with Gasteiger partial charge in [-0.25, -0.2) is 8.42 Å². The molecule has 0 unspecified atom stereocenters. The van der Waals surface area contributed by atoms with Crippen LogP contribution in [0.25, 0.3) is 0 Å². The first-order valence-corrected chi connectivity index (χ1v) is 13.6. The molecule has 0 radical (unpaired) electrons. The van der Waals surface area contributed by atoms with Gasteiger partial charge in [0.15, 0.2) is 0 Å². The van der Waals surface area contributed by atoms with Crippen molar-refractivity contribution in [2.24, 2.45) is 0 Å². The number of hydrogen-bond donors (Lipinski definition) is 1. The third kappa shape index (κ3) is 6.85. The van der Waals surface area contributed by atoms with E-state index < -0.39 is 15.9 Å². The molecule has 1 fully saturated rings. The van der Waals surface area contributed by atoms with Gasteiger partial charge in [0.2, 0.25) is 5.91 Å². The van der Waals surface area contributed by atoms with E-state index in [1.165, 1.54) is 5.56 Å². The van der Waals surface area contributed by atoms with Crippen LogP contribution in [0.1, 0.15) is 16.7 Å². The fraction of sp³-hybridized carbons (Fsp3) is 0.296. The molecule has 190 valence electrons. The maximum atomic E-state index is 13.4. The second-order valence-electron chi connectivity index (χ2n) is 8.78. The third-order valence-electron chi connectivity index (χ3n) is 6.03. The topological polar surface area (TPSA) is 79.0 Å². The van der Waals surface area contributed by atoms with E-state index in [9.17, 15) is 13.2 Å². The van der Waals surface area contributed by atoms with Crippen LogP contribution in [0, 0.1) is 6.92 Å². The maximum absolute atomic E-state index is 13.4. The first-order valence-electron chi connectivity index (χ1n) is 11.8. The molecule has 3 aromatic carbocycles. The van der Waals surface area contributed by atoms with Crippen LogP contribution in [0.5, 0.6) is 0 Å². The van der Waals surface area contributed by atoms with Gasteiger partial charge in [0, 0.05) is 31.2 Å². The fourth-order valence-electron chi connectivity index (χ4n) is 3.93. The van der Waals surface area contributed by atoms with Gasteiger partial charge in [-0.05, 0) is 54.4 Å². The van der Waals surface area contributed by atoms with E-state index in [0.717, 1.165) is 48.3 Å². The highest BCUT2D eigenvalue weighted by Gasteiger charge is 2.27. The van der Waals surface area contributed by atoms with Crippen LogP contribution in [-0.2, 0) is 32.6 Å². The molecule has 0 spiro atoms. The quantitative estimate of drug-likeness (QED) is 0.455. The summed E-state index contributed by atoms with van der Waals surface area (Å²) in [5, 5.41) is 3.33. The van der Waals surface area contributed by atoms with Crippen LogP contribution in [0.3, 0.4) is 0 Å². The Bertz CT molecular complexity index is 1260. The van der Waals surface area contributed by atoms with Crippen LogP contribution in [0.15, 0.2) is 77.7 Å². The second kappa shape index (κ2) is 11.9. The molecular weight excluding hydrogens is 498 g/mol. The first-order chi connectivity index (χ1) is 17.3. The summed E-state index contributed by atoms with van der Waals surface area (Å²) in [5.41, 5.74) is 3.45. The van der Waals surface area contributed by atoms with E-state index in [0.29, 0.717) is 17.3 Å². The minimum Gasteiger partial charge on any atom is -0.379 e. The van der Waals surface area contributed by atoms with Gasteiger partial charge in [-0.15, -0.1) is 0 Å². The van der Waals surface area contributed by atoms with Crippen LogP contribution in [-0.4, -0.2) is 52.1 Å². The fourth-order valence-corrected chi connectivity index (χ4v) is 5.47. The number of nitrogens with zero attached hydrogens (tertiary/aromatic N) is 2. The molecule has 0 aromatic heterocycles. The molecule has 1 amide bonds. The number of anilines is 1. The molecule has 36 heavy (non-hydrogen) atoms. The number of halogens is 1. The minimum absolute atomic E-state index is 0.117. The Kier molecular flexibility index (Phi) is 8.64. The summed E-state index contributed by atoms with van der Waals surface area (Å²) in [6, 6.07) is 21.0. The molecule has 7 nitrogen and oxygen atoms in total. The monoisotopic (exact) mass is 527 g/mol. The zero-order chi connectivity index (χ0) is 25.5. The number of sulfonamides is 1. The van der Waals surface area contributed by atoms with E-state index in [4.69, 9.17) is 16.3 Å². The van der Waals surface area contributed by atoms with E-state index in [1.807, 2.05) is 19.1 Å². The van der Waals surface area contributed by atoms with Crippen molar-refractivity contribution in [3.63, 3.8) is 0 Å². The van der Waals surface area contributed by atoms with E-state index in [2.05, 4.69) is 22.3 Å². The summed E-state index contributed by atoms with van der Waals surface area (Å²) < 4.78 is 33.4. The van der Waals surface area contributed by atoms with Gasteiger partial charge in [-0.2, -0.15) is 0 Å². The summed E-state index contributed by atoms with van der Waals surface area (Å²) in [4.78, 5) is 15.3. The molecule has 1 aliphatic heterocycles. The summed E-state index contributed by atoms with van der Waals surface area (Å²) in [6.45, 7) is 6.07. The molecule has 1 aliphatic rings. The number of morpholine rings is 1. The van der Waals surface area contributed by atoms with Crippen molar-refractivity contribution >= 4 is 33.2 Å². The first kappa shape index (κ1) is 26.2. The number of carbonyl (C=O) groups is 1. The van der Waals surface area contributed by atoms with Crippen molar-refractivity contribution in [2.45, 2.75) is 24.9 Å². The predicted octanol–water partition coefficient (Wildman–Crippen LogP) is 3.99. The summed E-state index contributed by atoms with van der Waals surface area (Å²) in [5.74, 6) is -0.405. The smallest absolute Gasteiger partial charge is 0.264 e. The number of ether oxygens (including phenoxy) is 1. The molecule has 0 bridgehead atoms. The maximum Gasteiger partial charge on any atom is 0.264 e. The van der Waals surface area contributed by atoms with E-state index >= 15 is 0 Å². The Morgan fingerprint density at radius 3 is 2.19 bits per heavy atom. The highest BCUT2D eigenvalue weighted by molar-refractivity contribution is 7.92. The molecule has 0 saturated carbocycles. The number of carbonyl (C=O) groups excluding carboxylic acids is 1. The molecule has 4 rings (SSSR count). The molecule has 9 heteroatoms. The van der Waals surface area contributed by atoms with Crippen LogP contribution < -0.4 is 9.62 Å². The predicted molar refractivity (Wildman–Crippen MR) is 142 cm³/mol. The normalized spacial score (nSPS) is 14.4. The number of nitrogens with one attached hydrogen (secondary N) is 1. The molecule has 1 N–H and O–H groups in total. The van der Waals surface area contributed by atoms with Gasteiger partial charge in [-0.3, -0.25) is 14.0 Å². The third-order valence-corrected chi connectivity index (χ3v) is 8.07. The average molecular weight is 528 g/mol. The van der Waals surface area contributed by atoms with Gasteiger partial charge < -0.3 is 10.1 Å². The molecule has 3 aromatic rings. The Balaban J connectivity index is 1.42. The average Bonchev–Trinajstić information content (AvgIpc) is 2.88. The summed E-state index contributed by atoms with van der Waals surface area (Å²) in [6.07, 6.45) is 0. The number of rotatable bonds is 9. The summed E-state index contributed by atoms with van der Waals surface area (Å²) in [7, 11) is -3.97. The lowest BCUT2D eigenvalue weighted by Crippen LogP contribution is -2.40. The van der Waals surface area contributed by atoms with Crippen molar-refractivity contribution in [1.82, 2.24) is 10.2 Å². The van der Waals surface area contributed by atoms with Crippen molar-refractivity contribution in [3.8, 4) is 0 Å².